The number of nitrogens with zero attached hydrogens (tertiary/aromatic N) is 6. The number of carbonyl (C=O) groups is 2. The second-order valence-corrected chi connectivity index (χ2v) is 18.4. The molecule has 13 nitrogen and oxygen atoms in total. The van der Waals surface area contributed by atoms with Crippen LogP contribution in [0.25, 0.3) is 10.8 Å². The summed E-state index contributed by atoms with van der Waals surface area (Å²) >= 11 is 6.25. The topological polar surface area (TPSA) is 168 Å². The van der Waals surface area contributed by atoms with Crippen molar-refractivity contribution in [2.75, 3.05) is 49.1 Å². The van der Waals surface area contributed by atoms with E-state index in [-0.39, 0.29) is 46.0 Å². The maximum atomic E-state index is 13.6. The van der Waals surface area contributed by atoms with E-state index >= 15 is 0 Å². The van der Waals surface area contributed by atoms with E-state index in [9.17, 15) is 24.9 Å². The molecule has 2 amide bonds. The molecule has 4 aromatic rings. The summed E-state index contributed by atoms with van der Waals surface area (Å²) in [6.07, 6.45) is 8.84. The highest BCUT2D eigenvalue weighted by molar-refractivity contribution is 6.31. The standard InChI is InChI=1S/C48H52ClN9O4/c1-47(2)45(48(3,4)46(47)62-36-15-10-32(28-50)39(49)27-36)54-42(59)31-8-12-34(13-9-31)56-22-18-30(19-23-56)6-5-7-33-11-17-41(43(60)53-33)58-44(61)37-16-14-35(57-24-20-52-21-25-57)26-38(37)40(29-51)55-58/h5-10,12-16,26-27,30,41,45-46,52H,11,17-25H2,1-4H3,(H,53,60)(H,54,59)/b6-5+,33-7-. The minimum atomic E-state index is -0.807. The summed E-state index contributed by atoms with van der Waals surface area (Å²) in [5.74, 6) is 0.533. The van der Waals surface area contributed by atoms with Crippen LogP contribution in [0.1, 0.15) is 81.0 Å². The molecule has 320 valence electrons. The van der Waals surface area contributed by atoms with Crippen molar-refractivity contribution in [2.24, 2.45) is 16.7 Å². The van der Waals surface area contributed by atoms with Crippen LogP contribution in [-0.4, -0.2) is 73.0 Å². The Balaban J connectivity index is 0.819. The van der Waals surface area contributed by atoms with Gasteiger partial charge in [0.15, 0.2) is 5.69 Å². The number of nitriles is 2. The van der Waals surface area contributed by atoms with Crippen LogP contribution in [0, 0.1) is 39.4 Å². The lowest BCUT2D eigenvalue weighted by Gasteiger charge is -2.63. The van der Waals surface area contributed by atoms with Gasteiger partial charge in [0.1, 0.15) is 30.0 Å². The SMILES string of the molecule is CC1(C)C(NC(=O)c2ccc(N3CCC(/C=C/C=C4/CCC(n5nc(C#N)c6cc(N7CCNCC7)ccc6c5=O)C(=O)N4)CC3)cc2)C(C)(C)C1Oc1ccc(C#N)c(Cl)c1. The number of nitrogens with one attached hydrogen (secondary N) is 3. The largest absolute Gasteiger partial charge is 0.489 e. The quantitative estimate of drug-likeness (QED) is 0.166. The van der Waals surface area contributed by atoms with Crippen LogP contribution in [-0.2, 0) is 4.79 Å². The fourth-order valence-corrected chi connectivity index (χ4v) is 10.3. The van der Waals surface area contributed by atoms with E-state index in [1.54, 1.807) is 24.3 Å². The third-order valence-corrected chi connectivity index (χ3v) is 13.5. The van der Waals surface area contributed by atoms with Gasteiger partial charge in [0, 0.05) is 90.2 Å². The average molecular weight is 854 g/mol. The van der Waals surface area contributed by atoms with Gasteiger partial charge in [0.2, 0.25) is 5.91 Å². The smallest absolute Gasteiger partial charge is 0.275 e. The zero-order valence-corrected chi connectivity index (χ0v) is 36.3. The Labute approximate surface area is 367 Å². The molecule has 4 heterocycles. The zero-order chi connectivity index (χ0) is 43.8. The van der Waals surface area contributed by atoms with E-state index in [4.69, 9.17) is 16.3 Å². The number of anilines is 2. The van der Waals surface area contributed by atoms with Gasteiger partial charge in [-0.1, -0.05) is 51.4 Å². The maximum Gasteiger partial charge on any atom is 0.275 e. The van der Waals surface area contributed by atoms with Gasteiger partial charge < -0.3 is 30.5 Å². The van der Waals surface area contributed by atoms with E-state index in [0.29, 0.717) is 51.4 Å². The van der Waals surface area contributed by atoms with Gasteiger partial charge in [-0.05, 0) is 92.3 Å². The molecular weight excluding hydrogens is 802 g/mol. The van der Waals surface area contributed by atoms with Crippen LogP contribution in [0.5, 0.6) is 5.75 Å². The normalized spacial score (nSPS) is 23.0. The van der Waals surface area contributed by atoms with Crippen LogP contribution in [0.3, 0.4) is 0 Å². The Morgan fingerprint density at radius 2 is 1.58 bits per heavy atom. The highest BCUT2D eigenvalue weighted by Crippen LogP contribution is 2.55. The molecule has 0 bridgehead atoms. The molecule has 3 N–H and O–H groups in total. The van der Waals surface area contributed by atoms with Crippen molar-refractivity contribution in [1.82, 2.24) is 25.7 Å². The first kappa shape index (κ1) is 42.5. The van der Waals surface area contributed by atoms with E-state index in [2.05, 4.69) is 76.8 Å². The predicted molar refractivity (Wildman–Crippen MR) is 240 cm³/mol. The number of carbonyl (C=O) groups excluding carboxylic acids is 2. The first-order valence-corrected chi connectivity index (χ1v) is 21.8. The van der Waals surface area contributed by atoms with Crippen LogP contribution in [0.2, 0.25) is 5.02 Å². The molecule has 8 rings (SSSR count). The molecular formula is C48H52ClN9O4. The summed E-state index contributed by atoms with van der Waals surface area (Å²) in [6.45, 7) is 13.5. The Morgan fingerprint density at radius 1 is 0.887 bits per heavy atom. The Bertz CT molecular complexity index is 2570. The number of benzene rings is 3. The van der Waals surface area contributed by atoms with E-state index < -0.39 is 6.04 Å². The second-order valence-electron chi connectivity index (χ2n) is 18.0. The molecule has 1 atom stereocenters. The van der Waals surface area contributed by atoms with Crippen LogP contribution < -0.4 is 36.0 Å². The third kappa shape index (κ3) is 8.27. The molecule has 62 heavy (non-hydrogen) atoms. The molecule has 1 unspecified atom stereocenters. The minimum Gasteiger partial charge on any atom is -0.489 e. The van der Waals surface area contributed by atoms with Crippen LogP contribution in [0.4, 0.5) is 11.4 Å². The molecule has 3 aliphatic heterocycles. The number of halogens is 1. The Hall–Kier alpha value is -6.15. The fourth-order valence-electron chi connectivity index (χ4n) is 10.1. The van der Waals surface area contributed by atoms with Gasteiger partial charge in [0.25, 0.3) is 11.5 Å². The predicted octanol–water partition coefficient (Wildman–Crippen LogP) is 6.62. The molecule has 1 aliphatic carbocycles. The molecule has 14 heteroatoms. The van der Waals surface area contributed by atoms with Crippen molar-refractivity contribution < 1.29 is 14.3 Å². The van der Waals surface area contributed by atoms with Gasteiger partial charge in [-0.2, -0.15) is 15.6 Å². The first-order chi connectivity index (χ1) is 29.8. The molecule has 1 aromatic heterocycles. The number of piperidine rings is 2. The number of hydrogen-bond donors (Lipinski definition) is 3. The third-order valence-electron chi connectivity index (χ3n) is 13.2. The summed E-state index contributed by atoms with van der Waals surface area (Å²) in [4.78, 5) is 45.0. The van der Waals surface area contributed by atoms with E-state index in [1.165, 1.54) is 4.68 Å². The van der Waals surface area contributed by atoms with E-state index in [0.717, 1.165) is 69.2 Å². The molecule has 0 spiro atoms. The van der Waals surface area contributed by atoms with Crippen molar-refractivity contribution in [3.63, 3.8) is 0 Å². The average Bonchev–Trinajstić information content (AvgIpc) is 3.28. The number of allylic oxidation sites excluding steroid dienone is 4. The lowest BCUT2D eigenvalue weighted by Crippen LogP contribution is -2.74. The van der Waals surface area contributed by atoms with Gasteiger partial charge in [-0.3, -0.25) is 14.4 Å². The summed E-state index contributed by atoms with van der Waals surface area (Å²) in [5, 5.41) is 34.4. The number of ether oxygens (including phenoxy) is 1. The number of amides is 2. The van der Waals surface area contributed by atoms with Gasteiger partial charge in [-0.15, -0.1) is 0 Å². The molecule has 3 aromatic carbocycles. The lowest BCUT2D eigenvalue weighted by molar-refractivity contribution is -0.164. The van der Waals surface area contributed by atoms with Crippen molar-refractivity contribution >= 4 is 45.6 Å². The van der Waals surface area contributed by atoms with Gasteiger partial charge >= 0.3 is 0 Å². The van der Waals surface area contributed by atoms with Crippen LogP contribution in [0.15, 0.2) is 89.4 Å². The van der Waals surface area contributed by atoms with Crippen LogP contribution >= 0.6 is 11.6 Å². The second kappa shape index (κ2) is 17.3. The minimum absolute atomic E-state index is 0.127. The molecule has 1 saturated carbocycles. The van der Waals surface area contributed by atoms with E-state index in [1.807, 2.05) is 48.6 Å². The lowest BCUT2D eigenvalue weighted by atomic mass is 9.49. The first-order valence-electron chi connectivity index (χ1n) is 21.4. The molecule has 4 aliphatic rings. The summed E-state index contributed by atoms with van der Waals surface area (Å²) in [5.41, 5.74) is 2.83. The summed E-state index contributed by atoms with van der Waals surface area (Å²) in [7, 11) is 0. The highest BCUT2D eigenvalue weighted by Gasteiger charge is 2.64. The number of fused-ring (bicyclic) bond motifs is 1. The molecule has 4 fully saturated rings. The molecule has 3 saturated heterocycles. The fraction of sp³-hybridized carbons (Fsp3) is 0.417. The Morgan fingerprint density at radius 3 is 2.24 bits per heavy atom. The monoisotopic (exact) mass is 853 g/mol. The van der Waals surface area contributed by atoms with Gasteiger partial charge in [0.05, 0.1) is 16.0 Å². The molecule has 0 radical (unpaired) electrons. The zero-order valence-electron chi connectivity index (χ0n) is 35.6. The van der Waals surface area contributed by atoms with Crippen molar-refractivity contribution in [3.8, 4) is 17.9 Å². The highest BCUT2D eigenvalue weighted by atomic mass is 35.5. The number of rotatable bonds is 9. The number of aromatic nitrogens is 2. The summed E-state index contributed by atoms with van der Waals surface area (Å²) < 4.78 is 7.56. The van der Waals surface area contributed by atoms with Crippen molar-refractivity contribution in [3.05, 3.63) is 117 Å². The number of hydrogen-bond acceptors (Lipinski definition) is 10. The van der Waals surface area contributed by atoms with Crippen molar-refractivity contribution in [2.45, 2.75) is 71.6 Å². The van der Waals surface area contributed by atoms with Crippen molar-refractivity contribution in [1.29, 1.82) is 10.5 Å². The van der Waals surface area contributed by atoms with Gasteiger partial charge in [-0.25, -0.2) is 4.68 Å². The summed E-state index contributed by atoms with van der Waals surface area (Å²) in [6, 6.07) is 21.7. The Kier molecular flexibility index (Phi) is 11.9. The maximum absolute atomic E-state index is 13.6. The number of piperazine rings is 1.